The molecule has 3 saturated carbocycles. The zero-order valence-corrected chi connectivity index (χ0v) is 15.3. The third-order valence-corrected chi connectivity index (χ3v) is 9.37. The van der Waals surface area contributed by atoms with Crippen LogP contribution in [0.4, 0.5) is 0 Å². The molecule has 0 aromatic carbocycles. The van der Waals surface area contributed by atoms with Crippen LogP contribution in [0.15, 0.2) is 10.8 Å². The number of aliphatic hydroxyl groups is 1. The van der Waals surface area contributed by atoms with Gasteiger partial charge in [-0.05, 0) is 92.8 Å². The van der Waals surface area contributed by atoms with Crippen molar-refractivity contribution in [3.63, 3.8) is 0 Å². The van der Waals surface area contributed by atoms with Gasteiger partial charge in [0.25, 0.3) is 0 Å². The summed E-state index contributed by atoms with van der Waals surface area (Å²) in [7, 11) is 0. The van der Waals surface area contributed by atoms with Crippen molar-refractivity contribution in [2.75, 3.05) is 0 Å². The first-order chi connectivity index (χ1) is 11.4. The van der Waals surface area contributed by atoms with Crippen molar-refractivity contribution in [1.29, 1.82) is 0 Å². The standard InChI is InChI=1S/C21H31NO2/c1-19-11-13-12-24-22-18(13)10-14(19)4-5-15-16(19)6-8-20(2)17(15)7-9-21(20,3)23/h12,14-17,23H,4-11H2,1-3H3/t14-,15+,16+,17+,19-,20-,21-/m0/s1. The molecular weight excluding hydrogens is 298 g/mol. The van der Waals surface area contributed by atoms with Crippen LogP contribution in [-0.4, -0.2) is 15.9 Å². The lowest BCUT2D eigenvalue weighted by atomic mass is 9.44. The Morgan fingerprint density at radius 3 is 2.71 bits per heavy atom. The fraction of sp³-hybridized carbons (Fsp3) is 0.857. The Labute approximate surface area is 145 Å². The Morgan fingerprint density at radius 2 is 1.88 bits per heavy atom. The van der Waals surface area contributed by atoms with E-state index in [0.29, 0.717) is 11.3 Å². The molecule has 1 aromatic heterocycles. The Hall–Kier alpha value is -0.830. The zero-order chi connectivity index (χ0) is 16.7. The van der Waals surface area contributed by atoms with Crippen molar-refractivity contribution in [1.82, 2.24) is 5.16 Å². The number of nitrogens with zero attached hydrogens (tertiary/aromatic N) is 1. The SMILES string of the molecule is C[C@]12Cc3conc3C[C@@H]1CC[C@@H]1[C@H]2CC[C@@]2(C)[C@@H]1CC[C@]2(C)O. The minimum absolute atomic E-state index is 0.133. The Bertz CT molecular complexity index is 665. The first kappa shape index (κ1) is 15.4. The minimum atomic E-state index is -0.464. The molecule has 3 heteroatoms. The molecule has 0 bridgehead atoms. The molecule has 0 unspecified atom stereocenters. The molecule has 1 N–H and O–H groups in total. The van der Waals surface area contributed by atoms with Gasteiger partial charge in [0.15, 0.2) is 0 Å². The van der Waals surface area contributed by atoms with Crippen LogP contribution in [0.25, 0.3) is 0 Å². The van der Waals surface area contributed by atoms with Crippen LogP contribution in [-0.2, 0) is 12.8 Å². The lowest BCUT2D eigenvalue weighted by molar-refractivity contribution is -0.139. The van der Waals surface area contributed by atoms with Gasteiger partial charge >= 0.3 is 0 Å². The van der Waals surface area contributed by atoms with Crippen LogP contribution in [0, 0.1) is 34.5 Å². The van der Waals surface area contributed by atoms with Crippen molar-refractivity contribution < 1.29 is 9.63 Å². The Kier molecular flexibility index (Phi) is 3.00. The second-order valence-corrected chi connectivity index (χ2v) is 10.1. The maximum absolute atomic E-state index is 11.0. The number of hydrogen-bond acceptors (Lipinski definition) is 3. The van der Waals surface area contributed by atoms with E-state index in [1.807, 2.05) is 6.26 Å². The number of aromatic nitrogens is 1. The summed E-state index contributed by atoms with van der Waals surface area (Å²) in [6.45, 7) is 7.04. The summed E-state index contributed by atoms with van der Waals surface area (Å²) >= 11 is 0. The minimum Gasteiger partial charge on any atom is -0.390 e. The average Bonchev–Trinajstić information content (AvgIpc) is 3.06. The number of hydrogen-bond donors (Lipinski definition) is 1. The summed E-state index contributed by atoms with van der Waals surface area (Å²) in [4.78, 5) is 0. The smallest absolute Gasteiger partial charge is 0.127 e. The third-order valence-electron chi connectivity index (χ3n) is 9.37. The highest BCUT2D eigenvalue weighted by atomic mass is 16.5. The van der Waals surface area contributed by atoms with Crippen molar-refractivity contribution in [2.45, 2.75) is 77.7 Å². The van der Waals surface area contributed by atoms with Crippen molar-refractivity contribution in [3.8, 4) is 0 Å². The van der Waals surface area contributed by atoms with E-state index in [0.717, 1.165) is 37.0 Å². The van der Waals surface area contributed by atoms with Gasteiger partial charge in [-0.3, -0.25) is 0 Å². The molecule has 0 aliphatic heterocycles. The lowest BCUT2D eigenvalue weighted by Crippen LogP contribution is -2.56. The molecular formula is C21H31NO2. The lowest BCUT2D eigenvalue weighted by Gasteiger charge is -2.60. The van der Waals surface area contributed by atoms with Crippen LogP contribution < -0.4 is 0 Å². The number of fused-ring (bicyclic) bond motifs is 6. The van der Waals surface area contributed by atoms with Crippen LogP contribution in [0.1, 0.15) is 70.6 Å². The second-order valence-electron chi connectivity index (χ2n) is 10.1. The van der Waals surface area contributed by atoms with E-state index in [9.17, 15) is 5.11 Å². The Morgan fingerprint density at radius 1 is 1.08 bits per heavy atom. The highest BCUT2D eigenvalue weighted by molar-refractivity contribution is 5.25. The van der Waals surface area contributed by atoms with Crippen LogP contribution >= 0.6 is 0 Å². The molecule has 0 radical (unpaired) electrons. The molecule has 24 heavy (non-hydrogen) atoms. The molecule has 0 spiro atoms. The third kappa shape index (κ3) is 1.75. The predicted molar refractivity (Wildman–Crippen MR) is 92.4 cm³/mol. The van der Waals surface area contributed by atoms with Crippen LogP contribution in [0.5, 0.6) is 0 Å². The van der Waals surface area contributed by atoms with E-state index in [-0.39, 0.29) is 5.41 Å². The molecule has 5 rings (SSSR count). The summed E-state index contributed by atoms with van der Waals surface area (Å²) < 4.78 is 5.28. The van der Waals surface area contributed by atoms with E-state index in [1.165, 1.54) is 43.4 Å². The zero-order valence-electron chi connectivity index (χ0n) is 15.3. The fourth-order valence-corrected chi connectivity index (χ4v) is 7.63. The molecule has 0 amide bonds. The topological polar surface area (TPSA) is 46.3 Å². The van der Waals surface area contributed by atoms with Gasteiger partial charge in [-0.15, -0.1) is 0 Å². The maximum Gasteiger partial charge on any atom is 0.127 e. The average molecular weight is 329 g/mol. The van der Waals surface area contributed by atoms with E-state index in [2.05, 4.69) is 25.9 Å². The first-order valence-electron chi connectivity index (χ1n) is 10.00. The summed E-state index contributed by atoms with van der Waals surface area (Å²) in [5.41, 5.74) is 2.65. The van der Waals surface area contributed by atoms with Gasteiger partial charge in [-0.1, -0.05) is 19.0 Å². The van der Waals surface area contributed by atoms with Gasteiger partial charge in [0.1, 0.15) is 6.26 Å². The first-order valence-corrected chi connectivity index (χ1v) is 10.00. The van der Waals surface area contributed by atoms with E-state index >= 15 is 0 Å². The monoisotopic (exact) mass is 329 g/mol. The van der Waals surface area contributed by atoms with Gasteiger partial charge < -0.3 is 9.63 Å². The molecule has 1 heterocycles. The summed E-state index contributed by atoms with van der Waals surface area (Å²) in [5, 5.41) is 15.3. The second kappa shape index (κ2) is 4.66. The van der Waals surface area contributed by atoms with Crippen molar-refractivity contribution in [2.24, 2.45) is 34.5 Å². The normalized spacial score (nSPS) is 53.0. The Balaban J connectivity index is 1.50. The highest BCUT2D eigenvalue weighted by Gasteiger charge is 2.63. The molecule has 3 nitrogen and oxygen atoms in total. The van der Waals surface area contributed by atoms with E-state index in [1.54, 1.807) is 0 Å². The fourth-order valence-electron chi connectivity index (χ4n) is 7.63. The summed E-state index contributed by atoms with van der Waals surface area (Å²) in [5.74, 6) is 3.10. The molecule has 0 saturated heterocycles. The van der Waals surface area contributed by atoms with Crippen LogP contribution in [0.2, 0.25) is 0 Å². The molecule has 132 valence electrons. The largest absolute Gasteiger partial charge is 0.390 e. The molecule has 4 aliphatic carbocycles. The molecule has 4 aliphatic rings. The highest BCUT2D eigenvalue weighted by Crippen LogP contribution is 2.67. The predicted octanol–water partition coefficient (Wildman–Crippen LogP) is 4.38. The van der Waals surface area contributed by atoms with Crippen molar-refractivity contribution >= 4 is 0 Å². The van der Waals surface area contributed by atoms with Crippen LogP contribution in [0.3, 0.4) is 0 Å². The van der Waals surface area contributed by atoms with Gasteiger partial charge in [0.05, 0.1) is 11.3 Å². The quantitative estimate of drug-likeness (QED) is 0.768. The summed E-state index contributed by atoms with van der Waals surface area (Å²) in [6, 6.07) is 0. The van der Waals surface area contributed by atoms with Gasteiger partial charge in [0, 0.05) is 5.56 Å². The van der Waals surface area contributed by atoms with E-state index in [4.69, 9.17) is 4.52 Å². The van der Waals surface area contributed by atoms with Gasteiger partial charge in [-0.2, -0.15) is 0 Å². The van der Waals surface area contributed by atoms with Gasteiger partial charge in [-0.25, -0.2) is 0 Å². The molecule has 7 atom stereocenters. The van der Waals surface area contributed by atoms with E-state index < -0.39 is 5.60 Å². The molecule has 3 fully saturated rings. The molecule has 1 aromatic rings. The number of rotatable bonds is 0. The summed E-state index contributed by atoms with van der Waals surface area (Å²) in [6.07, 6.45) is 11.6. The maximum atomic E-state index is 11.0. The van der Waals surface area contributed by atoms with Crippen molar-refractivity contribution in [3.05, 3.63) is 17.5 Å². The van der Waals surface area contributed by atoms with Gasteiger partial charge in [0.2, 0.25) is 0 Å².